The number of nitrogens with zero attached hydrogens (tertiary/aromatic N) is 1. The molecule has 7 heteroatoms. The molecule has 1 fully saturated rings. The summed E-state index contributed by atoms with van der Waals surface area (Å²) in [6, 6.07) is 11.5. The number of halogens is 1. The van der Waals surface area contributed by atoms with Gasteiger partial charge in [-0.1, -0.05) is 18.0 Å². The highest BCUT2D eigenvalue weighted by molar-refractivity contribution is 6.31. The molecule has 0 amide bonds. The summed E-state index contributed by atoms with van der Waals surface area (Å²) < 4.78 is 11.0. The Labute approximate surface area is 188 Å². The van der Waals surface area contributed by atoms with Crippen LogP contribution in [0.15, 0.2) is 60.9 Å². The first-order chi connectivity index (χ1) is 15.4. The zero-order valence-electron chi connectivity index (χ0n) is 17.6. The van der Waals surface area contributed by atoms with Gasteiger partial charge in [-0.15, -0.1) is 0 Å². The molecule has 4 aromatic rings. The van der Waals surface area contributed by atoms with Crippen molar-refractivity contribution in [2.24, 2.45) is 0 Å². The van der Waals surface area contributed by atoms with Crippen LogP contribution in [0.3, 0.4) is 0 Å². The normalized spacial score (nSPS) is 17.2. The van der Waals surface area contributed by atoms with Crippen LogP contribution in [0.25, 0.3) is 33.1 Å². The van der Waals surface area contributed by atoms with Gasteiger partial charge in [-0.25, -0.2) is 9.59 Å². The Morgan fingerprint density at radius 1 is 1.06 bits per heavy atom. The molecule has 0 unspecified atom stereocenters. The molecule has 0 spiro atoms. The first-order valence-electron chi connectivity index (χ1n) is 10.7. The molecule has 0 aliphatic carbocycles. The van der Waals surface area contributed by atoms with E-state index in [4.69, 9.17) is 20.4 Å². The number of aromatic hydroxyl groups is 1. The van der Waals surface area contributed by atoms with Gasteiger partial charge in [0.05, 0.1) is 11.1 Å². The van der Waals surface area contributed by atoms with Crippen LogP contribution in [0.5, 0.6) is 5.75 Å². The molecule has 2 aromatic carbocycles. The van der Waals surface area contributed by atoms with Crippen molar-refractivity contribution in [2.75, 3.05) is 6.54 Å². The number of likely N-dealkylation sites (tertiary alicyclic amines) is 1. The van der Waals surface area contributed by atoms with Crippen LogP contribution in [0.1, 0.15) is 31.7 Å². The minimum atomic E-state index is -0.600. The quantitative estimate of drug-likeness (QED) is 0.425. The summed E-state index contributed by atoms with van der Waals surface area (Å²) in [6.45, 7) is 3.53. The summed E-state index contributed by atoms with van der Waals surface area (Å²) in [4.78, 5) is 27.6. The van der Waals surface area contributed by atoms with Crippen LogP contribution >= 0.6 is 11.6 Å². The van der Waals surface area contributed by atoms with Crippen LogP contribution < -0.4 is 11.3 Å². The average molecular weight is 452 g/mol. The van der Waals surface area contributed by atoms with Gasteiger partial charge >= 0.3 is 11.3 Å². The van der Waals surface area contributed by atoms with Gasteiger partial charge in [0, 0.05) is 40.0 Å². The standard InChI is InChI=1S/C25H22ClNO5/c1-14-4-2-3-9-27(14)13-20-21(28)7-6-17-18(12-23(29)32-24(17)20)19-11-15-10-16(26)5-8-22(15)31-25(19)30/h5-8,10-12,14,28H,2-4,9,13H2,1H3/t14-/m0/s1. The van der Waals surface area contributed by atoms with Gasteiger partial charge in [-0.2, -0.15) is 0 Å². The molecular formula is C25H22ClNO5. The van der Waals surface area contributed by atoms with Gasteiger partial charge in [-0.05, 0) is 62.7 Å². The smallest absolute Gasteiger partial charge is 0.344 e. The number of benzene rings is 2. The predicted molar refractivity (Wildman–Crippen MR) is 124 cm³/mol. The molecule has 0 radical (unpaired) electrons. The first kappa shape index (κ1) is 20.8. The molecule has 6 nitrogen and oxygen atoms in total. The van der Waals surface area contributed by atoms with Crippen LogP contribution in [0.2, 0.25) is 5.02 Å². The van der Waals surface area contributed by atoms with Gasteiger partial charge in [0.25, 0.3) is 0 Å². The summed E-state index contributed by atoms with van der Waals surface area (Å²) in [5, 5.41) is 12.3. The Bertz CT molecular complexity index is 1450. The number of hydrogen-bond donors (Lipinski definition) is 1. The lowest BCUT2D eigenvalue weighted by Gasteiger charge is -2.33. The molecule has 0 bridgehead atoms. The molecule has 1 atom stereocenters. The maximum absolute atomic E-state index is 12.8. The van der Waals surface area contributed by atoms with Crippen molar-refractivity contribution in [1.29, 1.82) is 0 Å². The summed E-state index contributed by atoms with van der Waals surface area (Å²) in [5.41, 5.74) is 0.718. The van der Waals surface area contributed by atoms with Crippen LogP contribution in [0, 0.1) is 0 Å². The predicted octanol–water partition coefficient (Wildman–Crippen LogP) is 5.30. The lowest BCUT2D eigenvalue weighted by Crippen LogP contribution is -2.36. The summed E-state index contributed by atoms with van der Waals surface area (Å²) in [7, 11) is 0. The molecule has 1 N–H and O–H groups in total. The lowest BCUT2D eigenvalue weighted by atomic mass is 9.98. The van der Waals surface area contributed by atoms with E-state index in [-0.39, 0.29) is 16.9 Å². The zero-order chi connectivity index (χ0) is 22.4. The molecular weight excluding hydrogens is 430 g/mol. The topological polar surface area (TPSA) is 83.9 Å². The number of rotatable bonds is 3. The van der Waals surface area contributed by atoms with E-state index in [1.54, 1.807) is 36.4 Å². The number of fused-ring (bicyclic) bond motifs is 2. The fraction of sp³-hybridized carbons (Fsp3) is 0.280. The molecule has 1 saturated heterocycles. The first-order valence-corrected chi connectivity index (χ1v) is 11.0. The molecule has 1 aliphatic rings. The lowest BCUT2D eigenvalue weighted by molar-refractivity contribution is 0.151. The third-order valence-electron chi connectivity index (χ3n) is 6.28. The summed E-state index contributed by atoms with van der Waals surface area (Å²) >= 11 is 6.10. The van der Waals surface area contributed by atoms with Gasteiger partial charge in [0.1, 0.15) is 16.9 Å². The van der Waals surface area contributed by atoms with Crippen LogP contribution in [-0.2, 0) is 6.54 Å². The molecule has 0 saturated carbocycles. The second-order valence-corrected chi connectivity index (χ2v) is 8.80. The molecule has 1 aliphatic heterocycles. The summed E-state index contributed by atoms with van der Waals surface area (Å²) in [6.07, 6.45) is 3.35. The zero-order valence-corrected chi connectivity index (χ0v) is 18.3. The number of hydrogen-bond acceptors (Lipinski definition) is 6. The van der Waals surface area contributed by atoms with E-state index in [0.717, 1.165) is 19.4 Å². The second-order valence-electron chi connectivity index (χ2n) is 8.36. The minimum Gasteiger partial charge on any atom is -0.507 e. The van der Waals surface area contributed by atoms with Crippen molar-refractivity contribution in [3.8, 4) is 16.9 Å². The Balaban J connectivity index is 1.72. The van der Waals surface area contributed by atoms with Crippen molar-refractivity contribution in [3.05, 3.63) is 73.9 Å². The fourth-order valence-electron chi connectivity index (χ4n) is 4.53. The molecule has 3 heterocycles. The SMILES string of the molecule is C[C@H]1CCCCN1Cc1c(O)ccc2c(-c3cc4cc(Cl)ccc4oc3=O)cc(=O)oc12. The van der Waals surface area contributed by atoms with E-state index in [9.17, 15) is 14.7 Å². The fourth-order valence-corrected chi connectivity index (χ4v) is 4.71. The average Bonchev–Trinajstić information content (AvgIpc) is 2.76. The van der Waals surface area contributed by atoms with Crippen LogP contribution in [-0.4, -0.2) is 22.6 Å². The van der Waals surface area contributed by atoms with Crippen molar-refractivity contribution < 1.29 is 13.9 Å². The highest BCUT2D eigenvalue weighted by Crippen LogP contribution is 2.35. The third-order valence-corrected chi connectivity index (χ3v) is 6.51. The second kappa shape index (κ2) is 8.11. The van der Waals surface area contributed by atoms with E-state index in [2.05, 4.69) is 11.8 Å². The van der Waals surface area contributed by atoms with Crippen molar-refractivity contribution in [1.82, 2.24) is 4.90 Å². The van der Waals surface area contributed by atoms with E-state index < -0.39 is 11.3 Å². The monoisotopic (exact) mass is 451 g/mol. The van der Waals surface area contributed by atoms with Crippen molar-refractivity contribution >= 4 is 33.5 Å². The Morgan fingerprint density at radius 2 is 1.91 bits per heavy atom. The molecule has 32 heavy (non-hydrogen) atoms. The van der Waals surface area contributed by atoms with Crippen LogP contribution in [0.4, 0.5) is 0 Å². The number of phenolic OH excluding ortho intramolecular Hbond substituents is 1. The van der Waals surface area contributed by atoms with Crippen molar-refractivity contribution in [3.63, 3.8) is 0 Å². The van der Waals surface area contributed by atoms with Gasteiger partial charge < -0.3 is 13.9 Å². The van der Waals surface area contributed by atoms with Crippen molar-refractivity contribution in [2.45, 2.75) is 38.8 Å². The van der Waals surface area contributed by atoms with Gasteiger partial charge in [0.15, 0.2) is 0 Å². The Morgan fingerprint density at radius 3 is 2.72 bits per heavy atom. The Hall–Kier alpha value is -3.09. The van der Waals surface area contributed by atoms with E-state index in [1.807, 2.05) is 0 Å². The number of piperidine rings is 1. The maximum atomic E-state index is 12.8. The minimum absolute atomic E-state index is 0.0629. The largest absolute Gasteiger partial charge is 0.507 e. The van der Waals surface area contributed by atoms with E-state index >= 15 is 0 Å². The third kappa shape index (κ3) is 3.70. The Kier molecular flexibility index (Phi) is 5.27. The van der Waals surface area contributed by atoms with Gasteiger partial charge in [0.2, 0.25) is 0 Å². The highest BCUT2D eigenvalue weighted by atomic mass is 35.5. The number of phenols is 1. The summed E-state index contributed by atoms with van der Waals surface area (Å²) in [5.74, 6) is 0.0629. The van der Waals surface area contributed by atoms with E-state index in [1.165, 1.54) is 12.5 Å². The molecule has 164 valence electrons. The van der Waals surface area contributed by atoms with Gasteiger partial charge in [-0.3, -0.25) is 4.90 Å². The maximum Gasteiger partial charge on any atom is 0.344 e. The van der Waals surface area contributed by atoms with E-state index in [0.29, 0.717) is 45.1 Å². The highest BCUT2D eigenvalue weighted by Gasteiger charge is 2.23. The molecule has 2 aromatic heterocycles. The molecule has 5 rings (SSSR count).